The Kier molecular flexibility index (Phi) is 7.48. The van der Waals surface area contributed by atoms with Crippen molar-refractivity contribution in [3.63, 3.8) is 0 Å². The van der Waals surface area contributed by atoms with Crippen LogP contribution in [0.25, 0.3) is 0 Å². The minimum Gasteiger partial charge on any atom is -0.497 e. The van der Waals surface area contributed by atoms with Crippen molar-refractivity contribution in [1.29, 1.82) is 0 Å². The molecule has 0 fully saturated rings. The molecule has 1 amide bonds. The predicted molar refractivity (Wildman–Crippen MR) is 116 cm³/mol. The number of carbonyl (C=O) groups is 2. The van der Waals surface area contributed by atoms with Crippen molar-refractivity contribution in [3.8, 4) is 17.2 Å². The molecule has 0 aliphatic carbocycles. The van der Waals surface area contributed by atoms with Gasteiger partial charge in [0.05, 0.1) is 14.2 Å². The molecule has 0 atom stereocenters. The van der Waals surface area contributed by atoms with Gasteiger partial charge in [-0.15, -0.1) is 0 Å². The summed E-state index contributed by atoms with van der Waals surface area (Å²) < 4.78 is 21.1. The van der Waals surface area contributed by atoms with Crippen molar-refractivity contribution in [3.05, 3.63) is 83.9 Å². The van der Waals surface area contributed by atoms with Gasteiger partial charge in [0.25, 0.3) is 5.91 Å². The van der Waals surface area contributed by atoms with E-state index in [1.165, 1.54) is 20.3 Å². The minimum atomic E-state index is -0.685. The molecule has 7 nitrogen and oxygen atoms in total. The van der Waals surface area contributed by atoms with Crippen molar-refractivity contribution < 1.29 is 28.5 Å². The SMILES string of the molecule is COc1ccc(OC)c(C(=O)OCC(=O)Nc2ccc(OCc3ccccc3)cc2)c1. The van der Waals surface area contributed by atoms with E-state index in [2.05, 4.69) is 5.32 Å². The van der Waals surface area contributed by atoms with Gasteiger partial charge in [0.15, 0.2) is 6.61 Å². The van der Waals surface area contributed by atoms with E-state index in [1.54, 1.807) is 36.4 Å². The molecule has 0 unspecified atom stereocenters. The van der Waals surface area contributed by atoms with Crippen LogP contribution in [0.5, 0.6) is 17.2 Å². The lowest BCUT2D eigenvalue weighted by molar-refractivity contribution is -0.119. The first-order valence-electron chi connectivity index (χ1n) is 9.55. The quantitative estimate of drug-likeness (QED) is 0.524. The second-order valence-electron chi connectivity index (χ2n) is 6.49. The highest BCUT2D eigenvalue weighted by Gasteiger charge is 2.16. The number of anilines is 1. The third kappa shape index (κ3) is 6.24. The molecule has 1 N–H and O–H groups in total. The Morgan fingerprint density at radius 3 is 2.23 bits per heavy atom. The largest absolute Gasteiger partial charge is 0.497 e. The lowest BCUT2D eigenvalue weighted by Crippen LogP contribution is -2.21. The van der Waals surface area contributed by atoms with E-state index in [1.807, 2.05) is 30.3 Å². The molecule has 7 heteroatoms. The van der Waals surface area contributed by atoms with Gasteiger partial charge >= 0.3 is 5.97 Å². The Morgan fingerprint density at radius 2 is 1.55 bits per heavy atom. The van der Waals surface area contributed by atoms with Gasteiger partial charge in [-0.3, -0.25) is 4.79 Å². The maximum absolute atomic E-state index is 12.3. The van der Waals surface area contributed by atoms with Crippen molar-refractivity contribution in [2.24, 2.45) is 0 Å². The zero-order valence-corrected chi connectivity index (χ0v) is 17.3. The van der Waals surface area contributed by atoms with Gasteiger partial charge in [0, 0.05) is 5.69 Å². The van der Waals surface area contributed by atoms with E-state index in [4.69, 9.17) is 18.9 Å². The van der Waals surface area contributed by atoms with Gasteiger partial charge in [0.2, 0.25) is 0 Å². The summed E-state index contributed by atoms with van der Waals surface area (Å²) in [7, 11) is 2.93. The highest BCUT2D eigenvalue weighted by atomic mass is 16.5. The van der Waals surface area contributed by atoms with Crippen molar-refractivity contribution in [1.82, 2.24) is 0 Å². The third-order valence-electron chi connectivity index (χ3n) is 4.35. The summed E-state index contributed by atoms with van der Waals surface area (Å²) in [6, 6.07) is 21.5. The summed E-state index contributed by atoms with van der Waals surface area (Å²) in [5.74, 6) is 0.339. The Labute approximate surface area is 180 Å². The Hall–Kier alpha value is -4.00. The summed E-state index contributed by atoms with van der Waals surface area (Å²) in [5, 5.41) is 2.67. The van der Waals surface area contributed by atoms with Crippen molar-refractivity contribution >= 4 is 17.6 Å². The molecule has 3 aromatic rings. The molecule has 0 aliphatic rings. The lowest BCUT2D eigenvalue weighted by atomic mass is 10.2. The zero-order chi connectivity index (χ0) is 22.1. The molecule has 160 valence electrons. The normalized spacial score (nSPS) is 10.1. The number of hydrogen-bond acceptors (Lipinski definition) is 6. The lowest BCUT2D eigenvalue weighted by Gasteiger charge is -2.11. The molecular weight excluding hydrogens is 398 g/mol. The first-order valence-corrected chi connectivity index (χ1v) is 9.55. The standard InChI is InChI=1S/C24H23NO6/c1-28-20-12-13-22(29-2)21(14-20)24(27)31-16-23(26)25-18-8-10-19(11-9-18)30-15-17-6-4-3-5-7-17/h3-14H,15-16H2,1-2H3,(H,25,26). The first-order chi connectivity index (χ1) is 15.1. The van der Waals surface area contributed by atoms with Crippen molar-refractivity contribution in [2.75, 3.05) is 26.1 Å². The fourth-order valence-electron chi connectivity index (χ4n) is 2.75. The summed E-state index contributed by atoms with van der Waals surface area (Å²) in [4.78, 5) is 24.5. The molecule has 3 rings (SSSR count). The first kappa shape index (κ1) is 21.7. The van der Waals surface area contributed by atoms with E-state index >= 15 is 0 Å². The van der Waals surface area contributed by atoms with Crippen molar-refractivity contribution in [2.45, 2.75) is 6.61 Å². The highest BCUT2D eigenvalue weighted by Crippen LogP contribution is 2.24. The summed E-state index contributed by atoms with van der Waals surface area (Å²) >= 11 is 0. The average Bonchev–Trinajstić information content (AvgIpc) is 2.82. The molecular formula is C24H23NO6. The Bertz CT molecular complexity index is 1020. The number of amides is 1. The predicted octanol–water partition coefficient (Wildman–Crippen LogP) is 4.08. The number of rotatable bonds is 9. The maximum atomic E-state index is 12.3. The number of nitrogens with one attached hydrogen (secondary N) is 1. The molecule has 0 aliphatic heterocycles. The van der Waals surface area contributed by atoms with Gasteiger partial charge in [0.1, 0.15) is 29.4 Å². The monoisotopic (exact) mass is 421 g/mol. The number of methoxy groups -OCH3 is 2. The molecule has 3 aromatic carbocycles. The smallest absolute Gasteiger partial charge is 0.342 e. The second kappa shape index (κ2) is 10.7. The van der Waals surface area contributed by atoms with Crippen LogP contribution in [0.2, 0.25) is 0 Å². The summed E-state index contributed by atoms with van der Waals surface area (Å²) in [5.41, 5.74) is 1.80. The van der Waals surface area contributed by atoms with Crippen LogP contribution in [0.3, 0.4) is 0 Å². The van der Waals surface area contributed by atoms with Crippen LogP contribution in [0.1, 0.15) is 15.9 Å². The fourth-order valence-corrected chi connectivity index (χ4v) is 2.75. The number of hydrogen-bond donors (Lipinski definition) is 1. The van der Waals surface area contributed by atoms with Crippen LogP contribution >= 0.6 is 0 Å². The molecule has 0 saturated heterocycles. The van der Waals surface area contributed by atoms with Crippen LogP contribution in [0, 0.1) is 0 Å². The van der Waals surface area contributed by atoms with Crippen LogP contribution in [-0.2, 0) is 16.1 Å². The number of ether oxygens (including phenoxy) is 4. The van der Waals surface area contributed by atoms with E-state index in [9.17, 15) is 9.59 Å². The minimum absolute atomic E-state index is 0.176. The van der Waals surface area contributed by atoms with Gasteiger partial charge in [-0.1, -0.05) is 30.3 Å². The summed E-state index contributed by atoms with van der Waals surface area (Å²) in [6.07, 6.45) is 0. The van der Waals surface area contributed by atoms with Crippen LogP contribution in [0.15, 0.2) is 72.8 Å². The third-order valence-corrected chi connectivity index (χ3v) is 4.35. The van der Waals surface area contributed by atoms with Gasteiger partial charge in [-0.05, 0) is 48.0 Å². The molecule has 0 radical (unpaired) electrons. The Morgan fingerprint density at radius 1 is 0.839 bits per heavy atom. The Balaban J connectivity index is 1.50. The molecule has 0 heterocycles. The number of esters is 1. The molecule has 31 heavy (non-hydrogen) atoms. The molecule has 0 saturated carbocycles. The second-order valence-corrected chi connectivity index (χ2v) is 6.49. The van der Waals surface area contributed by atoms with Gasteiger partial charge in [-0.2, -0.15) is 0 Å². The van der Waals surface area contributed by atoms with Crippen LogP contribution < -0.4 is 19.5 Å². The number of benzene rings is 3. The van der Waals surface area contributed by atoms with E-state index in [0.717, 1.165) is 5.56 Å². The molecule has 0 bridgehead atoms. The van der Waals surface area contributed by atoms with Crippen LogP contribution in [0.4, 0.5) is 5.69 Å². The molecule has 0 aromatic heterocycles. The van der Waals surface area contributed by atoms with Gasteiger partial charge < -0.3 is 24.3 Å². The fraction of sp³-hybridized carbons (Fsp3) is 0.167. The van der Waals surface area contributed by atoms with E-state index in [-0.39, 0.29) is 5.56 Å². The average molecular weight is 421 g/mol. The van der Waals surface area contributed by atoms with Gasteiger partial charge in [-0.25, -0.2) is 4.79 Å². The van der Waals surface area contributed by atoms with E-state index < -0.39 is 18.5 Å². The topological polar surface area (TPSA) is 83.1 Å². The maximum Gasteiger partial charge on any atom is 0.342 e. The summed E-state index contributed by atoms with van der Waals surface area (Å²) in [6.45, 7) is 0.0156. The number of carbonyl (C=O) groups excluding carboxylic acids is 2. The van der Waals surface area contributed by atoms with E-state index in [0.29, 0.717) is 29.5 Å². The molecule has 0 spiro atoms. The zero-order valence-electron chi connectivity index (χ0n) is 17.3. The van der Waals surface area contributed by atoms with Crippen LogP contribution in [-0.4, -0.2) is 32.7 Å². The highest BCUT2D eigenvalue weighted by molar-refractivity contribution is 5.97.